The number of carbonyl (C=O) groups excluding carboxylic acids is 3. The fraction of sp³-hybridized carbons (Fsp3) is 0.726. The van der Waals surface area contributed by atoms with Gasteiger partial charge in [-0.05, 0) is 122 Å². The number of carboxylic acid groups (broad SMARTS) is 1. The molecule has 6 atom stereocenters. The highest BCUT2D eigenvalue weighted by Gasteiger charge is 2.50. The molecule has 1 heterocycles. The standard InChI is InChI=1S/C73H122O12/c1-4-7-10-13-16-19-22-25-28-31-33-36-38-41-44-47-50-53-56-59-65(74)81-62-64(83-66(75)60-57-54-51-48-45-42-39-35-30-27-24-21-18-15-12-9-6-3)63-82-73-71(69(78)68(77)70(85-73)72(79)80)84-67(76)61-58-55-52-49-46-43-40-37-34-32-29-26-23-20-17-14-11-8-5-2/h9,12,16-21,25-30,39,42,64,68-71,73,77-78H,4-8,10-11,13-15,22-24,31-38,40-41,43-63H2,1-3H3,(H,79,80)/b12-9-,19-16-,20-17-,21-18-,28-25-,29-26-,30-27-,42-39-. The van der Waals surface area contributed by atoms with Gasteiger partial charge in [0.05, 0.1) is 6.61 Å². The molecule has 486 valence electrons. The van der Waals surface area contributed by atoms with Crippen LogP contribution >= 0.6 is 0 Å². The number of esters is 3. The first-order valence-corrected chi connectivity index (χ1v) is 34.2. The first-order chi connectivity index (χ1) is 41.6. The quantitative estimate of drug-likeness (QED) is 0.0228. The van der Waals surface area contributed by atoms with E-state index in [1.54, 1.807) is 0 Å². The van der Waals surface area contributed by atoms with Crippen LogP contribution in [0.1, 0.15) is 290 Å². The highest BCUT2D eigenvalue weighted by Crippen LogP contribution is 2.27. The monoisotopic (exact) mass is 1190 g/mol. The summed E-state index contributed by atoms with van der Waals surface area (Å²) in [7, 11) is 0. The lowest BCUT2D eigenvalue weighted by molar-refractivity contribution is -0.301. The van der Waals surface area contributed by atoms with Crippen molar-refractivity contribution >= 4 is 23.9 Å². The Balaban J connectivity index is 2.66. The van der Waals surface area contributed by atoms with Gasteiger partial charge in [-0.3, -0.25) is 14.4 Å². The molecule has 0 bridgehead atoms. The number of allylic oxidation sites excluding steroid dienone is 16. The Hall–Kier alpha value is -4.36. The molecule has 0 spiro atoms. The molecule has 6 unspecified atom stereocenters. The summed E-state index contributed by atoms with van der Waals surface area (Å²) >= 11 is 0. The maximum atomic E-state index is 13.2. The number of unbranched alkanes of at least 4 members (excludes halogenated alkanes) is 28. The van der Waals surface area contributed by atoms with Gasteiger partial charge >= 0.3 is 23.9 Å². The Morgan fingerprint density at radius 3 is 1.13 bits per heavy atom. The summed E-state index contributed by atoms with van der Waals surface area (Å²) in [6.45, 7) is 5.84. The first-order valence-electron chi connectivity index (χ1n) is 34.2. The van der Waals surface area contributed by atoms with E-state index in [-0.39, 0.29) is 25.9 Å². The predicted molar refractivity (Wildman–Crippen MR) is 349 cm³/mol. The highest BCUT2D eigenvalue weighted by atomic mass is 16.7. The molecule has 1 aliphatic rings. The number of aliphatic hydroxyl groups is 2. The van der Waals surface area contributed by atoms with Gasteiger partial charge in [0.25, 0.3) is 0 Å². The van der Waals surface area contributed by atoms with E-state index in [4.69, 9.17) is 23.7 Å². The fourth-order valence-electron chi connectivity index (χ4n) is 9.89. The number of carbonyl (C=O) groups is 4. The van der Waals surface area contributed by atoms with Gasteiger partial charge in [0.1, 0.15) is 18.8 Å². The van der Waals surface area contributed by atoms with E-state index < -0.39 is 67.3 Å². The zero-order chi connectivity index (χ0) is 61.7. The second kappa shape index (κ2) is 59.9. The smallest absolute Gasteiger partial charge is 0.335 e. The molecule has 1 aliphatic heterocycles. The van der Waals surface area contributed by atoms with Crippen LogP contribution in [0.3, 0.4) is 0 Å². The molecule has 1 saturated heterocycles. The topological polar surface area (TPSA) is 175 Å². The van der Waals surface area contributed by atoms with E-state index in [0.29, 0.717) is 19.3 Å². The molecule has 0 radical (unpaired) electrons. The summed E-state index contributed by atoms with van der Waals surface area (Å²) in [5.74, 6) is -3.16. The van der Waals surface area contributed by atoms with Crippen molar-refractivity contribution in [2.24, 2.45) is 0 Å². The van der Waals surface area contributed by atoms with Crippen LogP contribution < -0.4 is 0 Å². The van der Waals surface area contributed by atoms with Gasteiger partial charge in [0.2, 0.25) is 0 Å². The van der Waals surface area contributed by atoms with Crippen LogP contribution in [-0.4, -0.2) is 89.2 Å². The molecule has 0 saturated carbocycles. The number of hydrogen-bond acceptors (Lipinski definition) is 11. The third-order valence-corrected chi connectivity index (χ3v) is 15.1. The Morgan fingerprint density at radius 1 is 0.400 bits per heavy atom. The van der Waals surface area contributed by atoms with Gasteiger partial charge in [-0.15, -0.1) is 0 Å². The van der Waals surface area contributed by atoms with Crippen molar-refractivity contribution in [1.29, 1.82) is 0 Å². The molecule has 85 heavy (non-hydrogen) atoms. The van der Waals surface area contributed by atoms with Crippen LogP contribution in [0.4, 0.5) is 0 Å². The number of rotatable bonds is 58. The fourth-order valence-corrected chi connectivity index (χ4v) is 9.89. The summed E-state index contributed by atoms with van der Waals surface area (Å²) in [6, 6.07) is 0. The Bertz CT molecular complexity index is 1840. The Kier molecular flexibility index (Phi) is 55.5. The van der Waals surface area contributed by atoms with Gasteiger partial charge in [-0.2, -0.15) is 0 Å². The van der Waals surface area contributed by atoms with Crippen molar-refractivity contribution in [3.63, 3.8) is 0 Å². The first kappa shape index (κ1) is 78.7. The minimum Gasteiger partial charge on any atom is -0.479 e. The zero-order valence-electron chi connectivity index (χ0n) is 53.8. The SMILES string of the molecule is CC/C=C\C/C=C\C/C=C\C/C=C\CCCCCCC(=O)OC(COC(=O)CCCCCCCCCCC/C=C\C/C=C\CCCCC)COC1OC(C(=O)O)C(O)C(O)C1OC(=O)CCCCCCCCCCC/C=C\C/C=C\CCCCC. The van der Waals surface area contributed by atoms with E-state index in [9.17, 15) is 34.5 Å². The molecule has 1 rings (SSSR count). The van der Waals surface area contributed by atoms with Gasteiger partial charge in [0, 0.05) is 19.3 Å². The average Bonchev–Trinajstić information content (AvgIpc) is 3.53. The van der Waals surface area contributed by atoms with Crippen molar-refractivity contribution in [2.45, 2.75) is 327 Å². The molecular weight excluding hydrogens is 1070 g/mol. The van der Waals surface area contributed by atoms with E-state index >= 15 is 0 Å². The molecule has 12 heteroatoms. The summed E-state index contributed by atoms with van der Waals surface area (Å²) in [5, 5.41) is 31.7. The number of aliphatic hydroxyl groups excluding tert-OH is 2. The molecule has 0 aromatic heterocycles. The third-order valence-electron chi connectivity index (χ3n) is 15.1. The van der Waals surface area contributed by atoms with E-state index in [0.717, 1.165) is 122 Å². The van der Waals surface area contributed by atoms with Crippen LogP contribution in [0.25, 0.3) is 0 Å². The maximum Gasteiger partial charge on any atom is 0.335 e. The second-order valence-corrected chi connectivity index (χ2v) is 23.1. The number of hydrogen-bond donors (Lipinski definition) is 3. The Morgan fingerprint density at radius 2 is 0.741 bits per heavy atom. The molecular formula is C73H122O12. The Labute approximate surface area is 517 Å². The molecule has 0 aromatic rings. The predicted octanol–water partition coefficient (Wildman–Crippen LogP) is 18.8. The molecule has 3 N–H and O–H groups in total. The number of ether oxygens (including phenoxy) is 5. The summed E-state index contributed by atoms with van der Waals surface area (Å²) in [6.07, 6.45) is 67.8. The highest BCUT2D eigenvalue weighted by molar-refractivity contribution is 5.74. The normalized spacial score (nSPS) is 18.1. The van der Waals surface area contributed by atoms with Crippen LogP contribution in [0, 0.1) is 0 Å². The van der Waals surface area contributed by atoms with E-state index in [1.165, 1.54) is 109 Å². The molecule has 12 nitrogen and oxygen atoms in total. The van der Waals surface area contributed by atoms with Gasteiger partial charge < -0.3 is 39.0 Å². The van der Waals surface area contributed by atoms with Crippen LogP contribution in [0.5, 0.6) is 0 Å². The summed E-state index contributed by atoms with van der Waals surface area (Å²) in [4.78, 5) is 51.5. The number of carboxylic acids is 1. The summed E-state index contributed by atoms with van der Waals surface area (Å²) < 4.78 is 28.6. The van der Waals surface area contributed by atoms with Crippen LogP contribution in [0.2, 0.25) is 0 Å². The third kappa shape index (κ3) is 49.3. The summed E-state index contributed by atoms with van der Waals surface area (Å²) in [5.41, 5.74) is 0. The minimum atomic E-state index is -1.91. The van der Waals surface area contributed by atoms with Crippen molar-refractivity contribution in [1.82, 2.24) is 0 Å². The lowest BCUT2D eigenvalue weighted by atomic mass is 9.98. The molecule has 1 fully saturated rings. The minimum absolute atomic E-state index is 0.0490. The average molecular weight is 1190 g/mol. The largest absolute Gasteiger partial charge is 0.479 e. The van der Waals surface area contributed by atoms with Gasteiger partial charge in [0.15, 0.2) is 24.6 Å². The zero-order valence-corrected chi connectivity index (χ0v) is 53.8. The second-order valence-electron chi connectivity index (χ2n) is 23.1. The molecule has 0 aromatic carbocycles. The van der Waals surface area contributed by atoms with E-state index in [1.807, 2.05) is 0 Å². The van der Waals surface area contributed by atoms with E-state index in [2.05, 4.69) is 118 Å². The van der Waals surface area contributed by atoms with Gasteiger partial charge in [-0.1, -0.05) is 246 Å². The maximum absolute atomic E-state index is 13.2. The lowest BCUT2D eigenvalue weighted by Gasteiger charge is -2.40. The number of aliphatic carboxylic acids is 1. The lowest BCUT2D eigenvalue weighted by Crippen LogP contribution is -2.61. The van der Waals surface area contributed by atoms with Crippen LogP contribution in [0.15, 0.2) is 97.2 Å². The van der Waals surface area contributed by atoms with Crippen LogP contribution in [-0.2, 0) is 42.9 Å². The van der Waals surface area contributed by atoms with Gasteiger partial charge in [-0.25, -0.2) is 4.79 Å². The van der Waals surface area contributed by atoms with Crippen molar-refractivity contribution in [3.05, 3.63) is 97.2 Å². The molecule has 0 aliphatic carbocycles. The van der Waals surface area contributed by atoms with Crippen molar-refractivity contribution in [2.75, 3.05) is 13.2 Å². The van der Waals surface area contributed by atoms with Crippen molar-refractivity contribution < 1.29 is 58.2 Å². The molecule has 0 amide bonds. The van der Waals surface area contributed by atoms with Crippen molar-refractivity contribution in [3.8, 4) is 0 Å².